The van der Waals surface area contributed by atoms with Crippen LogP contribution in [0, 0.1) is 0 Å². The van der Waals surface area contributed by atoms with Crippen LogP contribution in [0.5, 0.6) is 0 Å². The molecule has 2 heterocycles. The van der Waals surface area contributed by atoms with E-state index >= 15 is 0 Å². The minimum absolute atomic E-state index is 0.00275. The lowest BCUT2D eigenvalue weighted by molar-refractivity contribution is -0.137. The fourth-order valence-electron chi connectivity index (χ4n) is 2.08. The van der Waals surface area contributed by atoms with Crippen LogP contribution < -0.4 is 10.6 Å². The number of hydrogen-bond donors (Lipinski definition) is 2. The first-order valence-electron chi connectivity index (χ1n) is 6.83. The van der Waals surface area contributed by atoms with Crippen molar-refractivity contribution in [1.29, 1.82) is 0 Å². The van der Waals surface area contributed by atoms with E-state index in [1.165, 1.54) is 0 Å². The molecule has 1 aromatic heterocycles. The van der Waals surface area contributed by atoms with E-state index in [0.717, 1.165) is 19.2 Å². The summed E-state index contributed by atoms with van der Waals surface area (Å²) in [6.07, 6.45) is -3.53. The van der Waals surface area contributed by atoms with E-state index in [4.69, 9.17) is 11.6 Å². The summed E-state index contributed by atoms with van der Waals surface area (Å²) in [5, 5.41) is 5.81. The third-order valence-corrected chi connectivity index (χ3v) is 3.56. The summed E-state index contributed by atoms with van der Waals surface area (Å²) in [7, 11) is 0. The van der Waals surface area contributed by atoms with Crippen LogP contribution in [-0.2, 0) is 11.0 Å². The van der Waals surface area contributed by atoms with Crippen molar-refractivity contribution in [2.24, 2.45) is 0 Å². The lowest BCUT2D eigenvalue weighted by atomic mass is 10.2. The number of hydrogen-bond acceptors (Lipinski definition) is 4. The van der Waals surface area contributed by atoms with Gasteiger partial charge in [0.05, 0.1) is 10.6 Å². The molecule has 122 valence electrons. The fraction of sp³-hybridized carbons (Fsp3) is 0.538. The maximum Gasteiger partial charge on any atom is 0.417 e. The molecule has 22 heavy (non-hydrogen) atoms. The number of anilines is 1. The summed E-state index contributed by atoms with van der Waals surface area (Å²) in [5.41, 5.74) is -0.903. The Morgan fingerprint density at radius 1 is 1.41 bits per heavy atom. The molecule has 0 unspecified atom stereocenters. The molecule has 0 saturated carbocycles. The van der Waals surface area contributed by atoms with Gasteiger partial charge in [-0.15, -0.1) is 0 Å². The Hall–Kier alpha value is -1.54. The zero-order chi connectivity index (χ0) is 16.2. The maximum atomic E-state index is 12.5. The van der Waals surface area contributed by atoms with Crippen LogP contribution in [0.25, 0.3) is 0 Å². The molecular formula is C13H16ClF3N4O. The molecule has 5 nitrogen and oxygen atoms in total. The zero-order valence-corrected chi connectivity index (χ0v) is 12.5. The van der Waals surface area contributed by atoms with Crippen molar-refractivity contribution in [3.63, 3.8) is 0 Å². The van der Waals surface area contributed by atoms with Crippen LogP contribution in [0.1, 0.15) is 12.0 Å². The molecule has 0 spiro atoms. The van der Waals surface area contributed by atoms with Crippen molar-refractivity contribution in [2.75, 3.05) is 38.0 Å². The number of nitrogens with one attached hydrogen (secondary N) is 2. The van der Waals surface area contributed by atoms with Crippen molar-refractivity contribution in [3.05, 3.63) is 22.8 Å². The van der Waals surface area contributed by atoms with Crippen molar-refractivity contribution < 1.29 is 18.0 Å². The van der Waals surface area contributed by atoms with Gasteiger partial charge in [-0.3, -0.25) is 4.79 Å². The van der Waals surface area contributed by atoms with Gasteiger partial charge in [-0.1, -0.05) is 11.6 Å². The first kappa shape index (κ1) is 16.8. The Kier molecular flexibility index (Phi) is 5.47. The minimum Gasteiger partial charge on any atom is -0.368 e. The van der Waals surface area contributed by atoms with Gasteiger partial charge in [0.1, 0.15) is 5.82 Å². The van der Waals surface area contributed by atoms with Crippen molar-refractivity contribution in [1.82, 2.24) is 15.2 Å². The van der Waals surface area contributed by atoms with E-state index in [9.17, 15) is 18.0 Å². The van der Waals surface area contributed by atoms with Crippen LogP contribution >= 0.6 is 11.6 Å². The summed E-state index contributed by atoms with van der Waals surface area (Å²) in [6, 6.07) is 0.814. The number of pyridine rings is 1. The Bertz CT molecular complexity index is 533. The average molecular weight is 337 g/mol. The third-order valence-electron chi connectivity index (χ3n) is 3.27. The smallest absolute Gasteiger partial charge is 0.368 e. The van der Waals surface area contributed by atoms with Gasteiger partial charge in [0.25, 0.3) is 0 Å². The molecule has 0 aliphatic carbocycles. The first-order chi connectivity index (χ1) is 10.4. The van der Waals surface area contributed by atoms with Crippen LogP contribution in [0.3, 0.4) is 0 Å². The number of halogens is 4. The molecular weight excluding hydrogens is 321 g/mol. The Morgan fingerprint density at radius 3 is 2.68 bits per heavy atom. The molecule has 2 N–H and O–H groups in total. The predicted octanol–water partition coefficient (Wildman–Crippen LogP) is 1.99. The van der Waals surface area contributed by atoms with E-state index in [1.807, 2.05) is 0 Å². The molecule has 9 heteroatoms. The second-order valence-corrected chi connectivity index (χ2v) is 5.27. The van der Waals surface area contributed by atoms with Gasteiger partial charge in [-0.2, -0.15) is 13.2 Å². The zero-order valence-electron chi connectivity index (χ0n) is 11.7. The van der Waals surface area contributed by atoms with Crippen molar-refractivity contribution in [3.8, 4) is 0 Å². The normalized spacial score (nSPS) is 15.7. The average Bonchev–Trinajstić information content (AvgIpc) is 2.48. The van der Waals surface area contributed by atoms with Crippen LogP contribution in [0.2, 0.25) is 5.02 Å². The predicted molar refractivity (Wildman–Crippen MR) is 76.8 cm³/mol. The SMILES string of the molecule is O=C(CCNc1ncc(C(F)(F)F)cc1Cl)N1CCNCC1. The summed E-state index contributed by atoms with van der Waals surface area (Å²) in [5.74, 6) is 0.139. The highest BCUT2D eigenvalue weighted by molar-refractivity contribution is 6.32. The number of carbonyl (C=O) groups is 1. The van der Waals surface area contributed by atoms with Crippen molar-refractivity contribution >= 4 is 23.3 Å². The molecule has 1 saturated heterocycles. The second-order valence-electron chi connectivity index (χ2n) is 4.86. The Labute approximate surface area is 130 Å². The van der Waals surface area contributed by atoms with E-state index in [0.29, 0.717) is 19.3 Å². The number of carbonyl (C=O) groups excluding carboxylic acids is 1. The number of alkyl halides is 3. The van der Waals surface area contributed by atoms with Gasteiger partial charge in [-0.05, 0) is 6.07 Å². The standard InChI is InChI=1S/C13H16ClF3N4O/c14-10-7-9(13(15,16)17)8-20-12(10)19-2-1-11(22)21-5-3-18-4-6-21/h7-8,18H,1-6H2,(H,19,20). The van der Waals surface area contributed by atoms with Gasteiger partial charge < -0.3 is 15.5 Å². The highest BCUT2D eigenvalue weighted by atomic mass is 35.5. The molecule has 1 amide bonds. The fourth-order valence-corrected chi connectivity index (χ4v) is 2.32. The topological polar surface area (TPSA) is 57.3 Å². The first-order valence-corrected chi connectivity index (χ1v) is 7.21. The molecule has 1 fully saturated rings. The molecule has 1 aliphatic heterocycles. The number of nitrogens with zero attached hydrogens (tertiary/aromatic N) is 2. The number of piperazine rings is 1. The molecule has 0 radical (unpaired) electrons. The van der Waals surface area contributed by atoms with Gasteiger partial charge in [0.15, 0.2) is 0 Å². The molecule has 0 aromatic carbocycles. The quantitative estimate of drug-likeness (QED) is 0.883. The Balaban J connectivity index is 1.85. The van der Waals surface area contributed by atoms with Crippen molar-refractivity contribution in [2.45, 2.75) is 12.6 Å². The summed E-state index contributed by atoms with van der Waals surface area (Å²) >= 11 is 5.77. The second kappa shape index (κ2) is 7.15. The van der Waals surface area contributed by atoms with Crippen LogP contribution in [0.15, 0.2) is 12.3 Å². The molecule has 1 aromatic rings. The van der Waals surface area contributed by atoms with Crippen LogP contribution in [0.4, 0.5) is 19.0 Å². The molecule has 1 aliphatic rings. The van der Waals surface area contributed by atoms with Crippen LogP contribution in [-0.4, -0.2) is 48.5 Å². The van der Waals surface area contributed by atoms with Gasteiger partial charge in [0.2, 0.25) is 5.91 Å². The summed E-state index contributed by atoms with van der Waals surface area (Å²) in [6.45, 7) is 3.13. The van der Waals surface area contributed by atoms with E-state index in [-0.39, 0.29) is 29.7 Å². The number of aromatic nitrogens is 1. The Morgan fingerprint density at radius 2 is 2.09 bits per heavy atom. The maximum absolute atomic E-state index is 12.5. The third kappa shape index (κ3) is 4.48. The van der Waals surface area contributed by atoms with Gasteiger partial charge in [0, 0.05) is 45.3 Å². The van der Waals surface area contributed by atoms with E-state index in [2.05, 4.69) is 15.6 Å². The molecule has 0 atom stereocenters. The summed E-state index contributed by atoms with van der Waals surface area (Å²) in [4.78, 5) is 17.3. The lowest BCUT2D eigenvalue weighted by Gasteiger charge is -2.27. The highest BCUT2D eigenvalue weighted by Crippen LogP contribution is 2.32. The minimum atomic E-state index is -4.48. The van der Waals surface area contributed by atoms with E-state index < -0.39 is 11.7 Å². The van der Waals surface area contributed by atoms with E-state index in [1.54, 1.807) is 4.90 Å². The number of rotatable bonds is 4. The highest BCUT2D eigenvalue weighted by Gasteiger charge is 2.31. The summed E-state index contributed by atoms with van der Waals surface area (Å²) < 4.78 is 37.5. The lowest BCUT2D eigenvalue weighted by Crippen LogP contribution is -2.46. The monoisotopic (exact) mass is 336 g/mol. The largest absolute Gasteiger partial charge is 0.417 e. The van der Waals surface area contributed by atoms with Gasteiger partial charge >= 0.3 is 6.18 Å². The number of amides is 1. The molecule has 0 bridgehead atoms. The molecule has 2 rings (SSSR count). The van der Waals surface area contributed by atoms with Gasteiger partial charge in [-0.25, -0.2) is 4.98 Å².